The molecule has 4 rings (SSSR count). The second-order valence-electron chi connectivity index (χ2n) is 5.55. The third kappa shape index (κ3) is 2.23. The predicted octanol–water partition coefficient (Wildman–Crippen LogP) is 4.83. The number of aromatic hydroxyl groups is 1. The molecule has 1 heterocycles. The summed E-state index contributed by atoms with van der Waals surface area (Å²) in [5, 5.41) is 11.5. The Balaban J connectivity index is 2.00. The van der Waals surface area contributed by atoms with Crippen molar-refractivity contribution in [3.05, 3.63) is 77.9 Å². The lowest BCUT2D eigenvalue weighted by Gasteiger charge is -2.08. The van der Waals surface area contributed by atoms with Gasteiger partial charge in [-0.15, -0.1) is 0 Å². The standard InChI is InChI=1S/C19H13F2NO/c20-13-6-4-12(5-7-13)11-22-16-9-8-14(21)10-15(16)19-17(22)2-1-3-18(19)23/h1-10,23H,11H2. The quantitative estimate of drug-likeness (QED) is 0.564. The van der Waals surface area contributed by atoms with E-state index in [1.165, 1.54) is 24.3 Å². The van der Waals surface area contributed by atoms with Crippen molar-refractivity contribution >= 4 is 21.8 Å². The molecule has 0 aliphatic carbocycles. The third-order valence-corrected chi connectivity index (χ3v) is 4.08. The lowest BCUT2D eigenvalue weighted by Crippen LogP contribution is -1.99. The number of hydrogen-bond acceptors (Lipinski definition) is 1. The summed E-state index contributed by atoms with van der Waals surface area (Å²) in [4.78, 5) is 0. The number of phenolic OH excluding ortho intramolecular Hbond substituents is 1. The maximum Gasteiger partial charge on any atom is 0.125 e. The number of rotatable bonds is 2. The summed E-state index contributed by atoms with van der Waals surface area (Å²) in [6, 6.07) is 16.0. The van der Waals surface area contributed by atoms with E-state index in [1.54, 1.807) is 30.3 Å². The van der Waals surface area contributed by atoms with Crippen molar-refractivity contribution in [3.63, 3.8) is 0 Å². The number of halogens is 2. The molecule has 4 heteroatoms. The van der Waals surface area contributed by atoms with Gasteiger partial charge in [0.2, 0.25) is 0 Å². The molecule has 0 bridgehead atoms. The van der Waals surface area contributed by atoms with E-state index in [4.69, 9.17) is 0 Å². The van der Waals surface area contributed by atoms with Gasteiger partial charge in [-0.05, 0) is 48.0 Å². The Bertz CT molecular complexity index is 1020. The zero-order valence-corrected chi connectivity index (χ0v) is 12.1. The molecule has 0 saturated carbocycles. The molecule has 114 valence electrons. The van der Waals surface area contributed by atoms with Crippen molar-refractivity contribution in [2.75, 3.05) is 0 Å². The summed E-state index contributed by atoms with van der Waals surface area (Å²) in [7, 11) is 0. The fraction of sp³-hybridized carbons (Fsp3) is 0.0526. The molecule has 2 nitrogen and oxygen atoms in total. The van der Waals surface area contributed by atoms with Gasteiger partial charge in [0.1, 0.15) is 17.4 Å². The van der Waals surface area contributed by atoms with E-state index in [2.05, 4.69) is 0 Å². The molecule has 0 aliphatic rings. The summed E-state index contributed by atoms with van der Waals surface area (Å²) < 4.78 is 28.7. The van der Waals surface area contributed by atoms with E-state index in [1.807, 2.05) is 10.6 Å². The van der Waals surface area contributed by atoms with Crippen molar-refractivity contribution in [1.82, 2.24) is 4.57 Å². The van der Waals surface area contributed by atoms with E-state index in [9.17, 15) is 13.9 Å². The van der Waals surface area contributed by atoms with Gasteiger partial charge in [0.25, 0.3) is 0 Å². The molecule has 1 N–H and O–H groups in total. The molecule has 0 amide bonds. The Morgan fingerprint density at radius 2 is 1.57 bits per heavy atom. The van der Waals surface area contributed by atoms with Crippen molar-refractivity contribution in [3.8, 4) is 5.75 Å². The highest BCUT2D eigenvalue weighted by molar-refractivity contribution is 6.11. The number of aromatic nitrogens is 1. The minimum atomic E-state index is -0.346. The van der Waals surface area contributed by atoms with Crippen LogP contribution >= 0.6 is 0 Å². The number of phenols is 1. The van der Waals surface area contributed by atoms with Gasteiger partial charge < -0.3 is 9.67 Å². The van der Waals surface area contributed by atoms with E-state index in [0.717, 1.165) is 16.6 Å². The monoisotopic (exact) mass is 309 g/mol. The van der Waals surface area contributed by atoms with Crippen LogP contribution in [-0.2, 0) is 6.54 Å². The van der Waals surface area contributed by atoms with Crippen molar-refractivity contribution in [2.45, 2.75) is 6.54 Å². The third-order valence-electron chi connectivity index (χ3n) is 4.08. The lowest BCUT2D eigenvalue weighted by molar-refractivity contribution is 0.482. The van der Waals surface area contributed by atoms with Gasteiger partial charge in [-0.3, -0.25) is 0 Å². The largest absolute Gasteiger partial charge is 0.507 e. The average Bonchev–Trinajstić information content (AvgIpc) is 2.84. The number of hydrogen-bond donors (Lipinski definition) is 1. The Morgan fingerprint density at radius 1 is 0.826 bits per heavy atom. The maximum absolute atomic E-state index is 13.6. The second kappa shape index (κ2) is 5.09. The molecule has 4 aromatic rings. The summed E-state index contributed by atoms with van der Waals surface area (Å²) >= 11 is 0. The fourth-order valence-electron chi connectivity index (χ4n) is 3.05. The Kier molecular flexibility index (Phi) is 3.05. The van der Waals surface area contributed by atoms with E-state index in [0.29, 0.717) is 17.3 Å². The van der Waals surface area contributed by atoms with Crippen LogP contribution < -0.4 is 0 Å². The summed E-state index contributed by atoms with van der Waals surface area (Å²) in [5.41, 5.74) is 2.57. The van der Waals surface area contributed by atoms with Crippen LogP contribution in [0.4, 0.5) is 8.78 Å². The molecule has 0 fully saturated rings. The van der Waals surface area contributed by atoms with Crippen LogP contribution in [0.2, 0.25) is 0 Å². The van der Waals surface area contributed by atoms with Gasteiger partial charge in [0.05, 0.1) is 5.52 Å². The van der Waals surface area contributed by atoms with Crippen molar-refractivity contribution < 1.29 is 13.9 Å². The molecule has 0 saturated heterocycles. The Labute approximate surface area is 131 Å². The van der Waals surface area contributed by atoms with Crippen LogP contribution in [0, 0.1) is 11.6 Å². The highest BCUT2D eigenvalue weighted by Gasteiger charge is 2.14. The molecular weight excluding hydrogens is 296 g/mol. The molecule has 23 heavy (non-hydrogen) atoms. The Hall–Kier alpha value is -2.88. The van der Waals surface area contributed by atoms with E-state index < -0.39 is 0 Å². The minimum absolute atomic E-state index is 0.121. The molecular formula is C19H13F2NO. The first-order valence-corrected chi connectivity index (χ1v) is 7.27. The second-order valence-corrected chi connectivity index (χ2v) is 5.55. The molecule has 0 atom stereocenters. The summed E-state index contributed by atoms with van der Waals surface area (Å²) in [5.74, 6) is -0.506. The fourth-order valence-corrected chi connectivity index (χ4v) is 3.05. The zero-order chi connectivity index (χ0) is 16.0. The van der Waals surface area contributed by atoms with Crippen LogP contribution in [0.15, 0.2) is 60.7 Å². The van der Waals surface area contributed by atoms with Gasteiger partial charge in [0.15, 0.2) is 0 Å². The predicted molar refractivity (Wildman–Crippen MR) is 86.6 cm³/mol. The van der Waals surface area contributed by atoms with E-state index >= 15 is 0 Å². The summed E-state index contributed by atoms with van der Waals surface area (Å²) in [6.07, 6.45) is 0. The topological polar surface area (TPSA) is 25.2 Å². The molecule has 1 aromatic heterocycles. The first kappa shape index (κ1) is 13.8. The number of fused-ring (bicyclic) bond motifs is 3. The van der Waals surface area contributed by atoms with Crippen LogP contribution in [0.5, 0.6) is 5.75 Å². The van der Waals surface area contributed by atoms with Crippen LogP contribution in [0.25, 0.3) is 21.8 Å². The minimum Gasteiger partial charge on any atom is -0.507 e. The van der Waals surface area contributed by atoms with Gasteiger partial charge >= 0.3 is 0 Å². The average molecular weight is 309 g/mol. The highest BCUT2D eigenvalue weighted by atomic mass is 19.1. The zero-order valence-electron chi connectivity index (χ0n) is 12.1. The van der Waals surface area contributed by atoms with Gasteiger partial charge in [-0.25, -0.2) is 8.78 Å². The molecule has 3 aromatic carbocycles. The number of nitrogens with zero attached hydrogens (tertiary/aromatic N) is 1. The smallest absolute Gasteiger partial charge is 0.125 e. The van der Waals surface area contributed by atoms with Crippen LogP contribution in [0.1, 0.15) is 5.56 Å². The van der Waals surface area contributed by atoms with Crippen molar-refractivity contribution in [2.24, 2.45) is 0 Å². The van der Waals surface area contributed by atoms with Crippen LogP contribution in [-0.4, -0.2) is 9.67 Å². The highest BCUT2D eigenvalue weighted by Crippen LogP contribution is 2.35. The molecule has 0 unspecified atom stereocenters. The first-order chi connectivity index (χ1) is 11.1. The number of benzene rings is 3. The molecule has 0 aliphatic heterocycles. The van der Waals surface area contributed by atoms with Gasteiger partial charge in [-0.2, -0.15) is 0 Å². The SMILES string of the molecule is Oc1cccc2c1c1cc(F)ccc1n2Cc1ccc(F)cc1. The lowest BCUT2D eigenvalue weighted by atomic mass is 10.1. The van der Waals surface area contributed by atoms with Gasteiger partial charge in [0, 0.05) is 22.8 Å². The molecule has 0 spiro atoms. The Morgan fingerprint density at radius 3 is 2.35 bits per heavy atom. The van der Waals surface area contributed by atoms with Gasteiger partial charge in [-0.1, -0.05) is 18.2 Å². The van der Waals surface area contributed by atoms with E-state index in [-0.39, 0.29) is 17.4 Å². The maximum atomic E-state index is 13.6. The molecule has 0 radical (unpaired) electrons. The first-order valence-electron chi connectivity index (χ1n) is 7.27. The van der Waals surface area contributed by atoms with Crippen LogP contribution in [0.3, 0.4) is 0 Å². The van der Waals surface area contributed by atoms with Crippen molar-refractivity contribution in [1.29, 1.82) is 0 Å². The normalized spacial score (nSPS) is 11.4. The summed E-state index contributed by atoms with van der Waals surface area (Å²) in [6.45, 7) is 0.509.